The Morgan fingerprint density at radius 1 is 1.10 bits per heavy atom. The number of hydrogen-bond donors (Lipinski definition) is 0. The fraction of sp³-hybridized carbons (Fsp3) is 0.194. The number of methoxy groups -OCH3 is 1. The van der Waals surface area contributed by atoms with Crippen LogP contribution in [0.5, 0.6) is 11.5 Å². The highest BCUT2D eigenvalue weighted by molar-refractivity contribution is 9.11. The molecule has 0 bridgehead atoms. The Morgan fingerprint density at radius 2 is 1.76 bits per heavy atom. The lowest BCUT2D eigenvalue weighted by Gasteiger charge is -2.24. The maximum absolute atomic E-state index is 13.9. The largest absolute Gasteiger partial charge is 0.497 e. The second-order valence-electron chi connectivity index (χ2n) is 9.30. The number of halogens is 3. The minimum absolute atomic E-state index is 0.197. The van der Waals surface area contributed by atoms with Crippen molar-refractivity contribution in [2.45, 2.75) is 26.5 Å². The second-order valence-corrected chi connectivity index (χ2v) is 12.0. The van der Waals surface area contributed by atoms with Crippen molar-refractivity contribution in [3.05, 3.63) is 123 Å². The van der Waals surface area contributed by atoms with E-state index < -0.39 is 12.0 Å². The quantitative estimate of drug-likeness (QED) is 0.208. The van der Waals surface area contributed by atoms with E-state index in [0.717, 1.165) is 16.7 Å². The number of carbonyl (C=O) groups excluding carboxylic acids is 1. The van der Waals surface area contributed by atoms with Crippen molar-refractivity contribution < 1.29 is 23.4 Å². The molecule has 0 N–H and O–H groups in total. The van der Waals surface area contributed by atoms with Crippen molar-refractivity contribution in [3.8, 4) is 11.5 Å². The minimum Gasteiger partial charge on any atom is -0.497 e. The van der Waals surface area contributed by atoms with Gasteiger partial charge in [0, 0.05) is 0 Å². The Kier molecular flexibility index (Phi) is 9.10. The predicted molar refractivity (Wildman–Crippen MR) is 166 cm³/mol. The zero-order valence-corrected chi connectivity index (χ0v) is 26.8. The Hall–Kier alpha value is -3.54. The summed E-state index contributed by atoms with van der Waals surface area (Å²) in [7, 11) is 1.58. The Bertz CT molecular complexity index is 1840. The third kappa shape index (κ3) is 6.13. The van der Waals surface area contributed by atoms with E-state index in [2.05, 4.69) is 36.9 Å². The summed E-state index contributed by atoms with van der Waals surface area (Å²) in [5.74, 6) is 0.411. The van der Waals surface area contributed by atoms with Crippen molar-refractivity contribution in [1.29, 1.82) is 0 Å². The van der Waals surface area contributed by atoms with Crippen LogP contribution < -0.4 is 24.4 Å². The van der Waals surface area contributed by atoms with Gasteiger partial charge < -0.3 is 14.2 Å². The molecule has 1 aromatic heterocycles. The molecular formula is C31H25Br2FN2O5S. The number of esters is 1. The van der Waals surface area contributed by atoms with Gasteiger partial charge in [-0.25, -0.2) is 14.2 Å². The maximum atomic E-state index is 13.9. The summed E-state index contributed by atoms with van der Waals surface area (Å²) in [5, 5.41) is 0. The molecule has 2 heterocycles. The molecule has 42 heavy (non-hydrogen) atoms. The van der Waals surface area contributed by atoms with Crippen molar-refractivity contribution in [2.75, 3.05) is 13.7 Å². The van der Waals surface area contributed by atoms with Crippen molar-refractivity contribution >= 4 is 55.2 Å². The van der Waals surface area contributed by atoms with Crippen molar-refractivity contribution in [1.82, 2.24) is 4.57 Å². The van der Waals surface area contributed by atoms with Gasteiger partial charge in [0.2, 0.25) is 0 Å². The lowest BCUT2D eigenvalue weighted by atomic mass is 9.96. The highest BCUT2D eigenvalue weighted by atomic mass is 79.9. The van der Waals surface area contributed by atoms with E-state index >= 15 is 0 Å². The summed E-state index contributed by atoms with van der Waals surface area (Å²) < 4.78 is 33.2. The van der Waals surface area contributed by atoms with Gasteiger partial charge in [-0.1, -0.05) is 35.6 Å². The van der Waals surface area contributed by atoms with E-state index in [1.807, 2.05) is 24.3 Å². The van der Waals surface area contributed by atoms with Crippen LogP contribution in [0.3, 0.4) is 0 Å². The van der Waals surface area contributed by atoms with Crippen LogP contribution in [0, 0.1) is 5.82 Å². The van der Waals surface area contributed by atoms with Crippen molar-refractivity contribution in [2.24, 2.45) is 4.99 Å². The van der Waals surface area contributed by atoms with Gasteiger partial charge in [0.05, 0.1) is 44.5 Å². The molecule has 0 fully saturated rings. The molecule has 0 spiro atoms. The van der Waals surface area contributed by atoms with Gasteiger partial charge >= 0.3 is 5.97 Å². The van der Waals surface area contributed by atoms with E-state index in [9.17, 15) is 14.0 Å². The third-order valence-electron chi connectivity index (χ3n) is 6.56. The monoisotopic (exact) mass is 714 g/mol. The summed E-state index contributed by atoms with van der Waals surface area (Å²) in [6, 6.07) is 16.3. The number of hydrogen-bond acceptors (Lipinski definition) is 7. The van der Waals surface area contributed by atoms with Crippen LogP contribution in [0.25, 0.3) is 6.08 Å². The number of benzene rings is 3. The summed E-state index contributed by atoms with van der Waals surface area (Å²) in [6.07, 6.45) is 1.78. The van der Waals surface area contributed by atoms with Crippen LogP contribution in [0.4, 0.5) is 4.39 Å². The number of rotatable bonds is 8. The number of allylic oxidation sites excluding steroid dienone is 1. The molecule has 0 unspecified atom stereocenters. The molecule has 3 aromatic carbocycles. The summed E-state index contributed by atoms with van der Waals surface area (Å²) in [6.45, 7) is 3.94. The minimum atomic E-state index is -0.714. The van der Waals surface area contributed by atoms with Crippen LogP contribution >= 0.6 is 43.2 Å². The number of fused-ring (bicyclic) bond motifs is 1. The third-order valence-corrected chi connectivity index (χ3v) is 8.72. The summed E-state index contributed by atoms with van der Waals surface area (Å²) in [4.78, 5) is 32.1. The Balaban J connectivity index is 1.54. The molecule has 0 saturated carbocycles. The smallest absolute Gasteiger partial charge is 0.338 e. The molecule has 7 nitrogen and oxygen atoms in total. The molecule has 1 aliphatic heterocycles. The van der Waals surface area contributed by atoms with E-state index in [0.29, 0.717) is 41.0 Å². The number of thiazole rings is 1. The Morgan fingerprint density at radius 3 is 2.38 bits per heavy atom. The predicted octanol–water partition coefficient (Wildman–Crippen LogP) is 6.05. The van der Waals surface area contributed by atoms with Gasteiger partial charge in [-0.3, -0.25) is 9.36 Å². The molecule has 11 heteroatoms. The lowest BCUT2D eigenvalue weighted by molar-refractivity contribution is -0.139. The molecule has 1 aliphatic rings. The highest BCUT2D eigenvalue weighted by Gasteiger charge is 2.33. The zero-order valence-electron chi connectivity index (χ0n) is 22.8. The van der Waals surface area contributed by atoms with Gasteiger partial charge in [-0.15, -0.1) is 0 Å². The average Bonchev–Trinajstić information content (AvgIpc) is 3.26. The van der Waals surface area contributed by atoms with E-state index in [4.69, 9.17) is 14.2 Å². The number of carbonyl (C=O) groups is 1. The number of aromatic nitrogens is 1. The van der Waals surface area contributed by atoms with Crippen LogP contribution in [0.15, 0.2) is 90.7 Å². The fourth-order valence-electron chi connectivity index (χ4n) is 4.58. The second kappa shape index (κ2) is 12.8. The Labute approximate surface area is 261 Å². The van der Waals surface area contributed by atoms with Gasteiger partial charge in [-0.05, 0) is 105 Å². The molecule has 0 amide bonds. The normalized spacial score (nSPS) is 14.8. The number of ether oxygens (including phenoxy) is 3. The molecule has 0 aliphatic carbocycles. The van der Waals surface area contributed by atoms with Crippen molar-refractivity contribution in [3.63, 3.8) is 0 Å². The molecule has 0 saturated heterocycles. The highest BCUT2D eigenvalue weighted by Crippen LogP contribution is 2.36. The van der Waals surface area contributed by atoms with Gasteiger partial charge in [0.1, 0.15) is 23.9 Å². The first-order valence-corrected chi connectivity index (χ1v) is 15.3. The molecule has 0 radical (unpaired) electrons. The first-order valence-electron chi connectivity index (χ1n) is 12.9. The van der Waals surface area contributed by atoms with E-state index in [-0.39, 0.29) is 24.6 Å². The molecular weight excluding hydrogens is 691 g/mol. The molecule has 216 valence electrons. The topological polar surface area (TPSA) is 79.1 Å². The molecule has 4 aromatic rings. The van der Waals surface area contributed by atoms with Gasteiger partial charge in [0.25, 0.3) is 5.56 Å². The van der Waals surface area contributed by atoms with Gasteiger partial charge in [-0.2, -0.15) is 0 Å². The summed E-state index contributed by atoms with van der Waals surface area (Å²) >= 11 is 8.38. The first kappa shape index (κ1) is 29.9. The zero-order chi connectivity index (χ0) is 30.0. The van der Waals surface area contributed by atoms with Crippen LogP contribution in [-0.4, -0.2) is 24.3 Å². The molecule has 5 rings (SSSR count). The average molecular weight is 716 g/mol. The summed E-state index contributed by atoms with van der Waals surface area (Å²) in [5.41, 5.74) is 2.83. The van der Waals surface area contributed by atoms with Crippen LogP contribution in [0.2, 0.25) is 0 Å². The fourth-order valence-corrected chi connectivity index (χ4v) is 7.08. The first-order chi connectivity index (χ1) is 20.2. The SMILES string of the molecule is CCOC(=O)C1=C(C)N=c2s/c(=C\c3cc(Br)c(OCc4ccc(F)cc4)c(Br)c3)c(=O)n2[C@H]1c1ccc(OC)cc1. The molecule has 1 atom stereocenters. The standard InChI is InChI=1S/C31H25Br2FN2O5S/c1-4-40-30(38)26-17(2)35-31-36(27(26)20-7-11-22(39-3)12-8-20)29(37)25(42-31)15-19-13-23(32)28(24(33)14-19)41-16-18-5-9-21(34)10-6-18/h5-15,27H,4,16H2,1-3H3/b25-15-/t27-/m0/s1. The maximum Gasteiger partial charge on any atom is 0.338 e. The van der Waals surface area contributed by atoms with Crippen LogP contribution in [-0.2, 0) is 16.1 Å². The van der Waals surface area contributed by atoms with E-state index in [1.165, 1.54) is 23.5 Å². The van der Waals surface area contributed by atoms with Crippen LogP contribution in [0.1, 0.15) is 36.6 Å². The van der Waals surface area contributed by atoms with E-state index in [1.54, 1.807) is 55.9 Å². The lowest BCUT2D eigenvalue weighted by Crippen LogP contribution is -2.39. The van der Waals surface area contributed by atoms with Gasteiger partial charge in [0.15, 0.2) is 4.80 Å². The number of nitrogens with zero attached hydrogens (tertiary/aromatic N) is 2.